The van der Waals surface area contributed by atoms with Gasteiger partial charge in [0.1, 0.15) is 11.5 Å². The molecule has 0 unspecified atom stereocenters. The Hall–Kier alpha value is -2.23. The second-order valence-electron chi connectivity index (χ2n) is 7.62. The summed E-state index contributed by atoms with van der Waals surface area (Å²) in [6.07, 6.45) is -7.04. The summed E-state index contributed by atoms with van der Waals surface area (Å²) in [7, 11) is 0. The number of para-hydroxylation sites is 1. The molecule has 1 aliphatic rings. The largest absolute Gasteiger partial charge is 0.483 e. The number of alkyl halides is 5. The van der Waals surface area contributed by atoms with Crippen LogP contribution in [0, 0.1) is 12.3 Å². The molecule has 156 valence electrons. The highest BCUT2D eigenvalue weighted by molar-refractivity contribution is 5.96. The van der Waals surface area contributed by atoms with Crippen molar-refractivity contribution < 1.29 is 36.6 Å². The van der Waals surface area contributed by atoms with Gasteiger partial charge in [-0.25, -0.2) is 0 Å². The van der Waals surface area contributed by atoms with Crippen molar-refractivity contribution >= 4 is 11.6 Å². The van der Waals surface area contributed by atoms with Gasteiger partial charge in [-0.2, -0.15) is 32.1 Å². The Balaban J connectivity index is 2.34. The minimum absolute atomic E-state index is 0.278. The van der Waals surface area contributed by atoms with E-state index in [0.717, 1.165) is 0 Å². The zero-order valence-electron chi connectivity index (χ0n) is 15.8. The number of nitrogens with zero attached hydrogens (tertiary/aromatic N) is 2. The first-order valence-corrected chi connectivity index (χ1v) is 8.37. The third kappa shape index (κ3) is 3.82. The van der Waals surface area contributed by atoms with E-state index in [0.29, 0.717) is 11.3 Å². The molecule has 0 fully saturated rings. The van der Waals surface area contributed by atoms with Crippen molar-refractivity contribution in [2.45, 2.75) is 51.9 Å². The molecule has 1 atom stereocenters. The smallest absolute Gasteiger partial charge is 0.459 e. The lowest BCUT2D eigenvalue weighted by Crippen LogP contribution is -2.56. The van der Waals surface area contributed by atoms with Crippen molar-refractivity contribution in [3.05, 3.63) is 29.8 Å². The SMILES string of the molecule is Cc1ccccc1OCC(=O)N1N=C(C(F)(F)C(F)(F)F)C[C@@]1(O)C(C)(C)C. The highest BCUT2D eigenvalue weighted by atomic mass is 19.4. The normalized spacial score (nSPS) is 20.9. The average molecular weight is 408 g/mol. The number of hydrazone groups is 1. The van der Waals surface area contributed by atoms with Crippen molar-refractivity contribution in [1.82, 2.24) is 5.01 Å². The number of carbonyl (C=O) groups excluding carboxylic acids is 1. The van der Waals surface area contributed by atoms with Crippen molar-refractivity contribution in [3.8, 4) is 5.75 Å². The van der Waals surface area contributed by atoms with Gasteiger partial charge in [-0.1, -0.05) is 39.0 Å². The standard InChI is InChI=1S/C18H21F5N2O3/c1-11-7-5-6-8-12(11)28-10-14(26)25-16(27,15(2,3)4)9-13(24-25)17(19,20)18(21,22)23/h5-8,27H,9-10H2,1-4H3/t16-/m1/s1. The van der Waals surface area contributed by atoms with Gasteiger partial charge < -0.3 is 9.84 Å². The molecule has 0 bridgehead atoms. The Labute approximate surface area is 158 Å². The minimum Gasteiger partial charge on any atom is -0.483 e. The van der Waals surface area contributed by atoms with Crippen LogP contribution in [0.15, 0.2) is 29.4 Å². The van der Waals surface area contributed by atoms with E-state index < -0.39 is 47.9 Å². The molecule has 5 nitrogen and oxygen atoms in total. The summed E-state index contributed by atoms with van der Waals surface area (Å²) >= 11 is 0. The molecule has 0 aliphatic carbocycles. The van der Waals surface area contributed by atoms with Crippen molar-refractivity contribution in [1.29, 1.82) is 0 Å². The van der Waals surface area contributed by atoms with Crippen LogP contribution in [0.4, 0.5) is 22.0 Å². The maximum Gasteiger partial charge on any atom is 0.459 e. The number of aliphatic hydroxyl groups is 1. The van der Waals surface area contributed by atoms with Crippen LogP contribution < -0.4 is 4.74 Å². The first-order chi connectivity index (χ1) is 12.6. The Morgan fingerprint density at radius 2 is 1.79 bits per heavy atom. The van der Waals surface area contributed by atoms with Crippen molar-refractivity contribution in [3.63, 3.8) is 0 Å². The molecule has 1 amide bonds. The summed E-state index contributed by atoms with van der Waals surface area (Å²) in [6, 6.07) is 6.66. The van der Waals surface area contributed by atoms with E-state index in [1.54, 1.807) is 31.2 Å². The van der Waals surface area contributed by atoms with E-state index >= 15 is 0 Å². The lowest BCUT2D eigenvalue weighted by molar-refractivity contribution is -0.250. The Bertz CT molecular complexity index is 786. The Morgan fingerprint density at radius 1 is 1.21 bits per heavy atom. The lowest BCUT2D eigenvalue weighted by atomic mass is 9.79. The van der Waals surface area contributed by atoms with Gasteiger partial charge in [0.05, 0.1) is 0 Å². The Kier molecular flexibility index (Phi) is 5.50. The van der Waals surface area contributed by atoms with E-state index in [-0.39, 0.29) is 5.01 Å². The highest BCUT2D eigenvalue weighted by Crippen LogP contribution is 2.47. The van der Waals surface area contributed by atoms with Crippen molar-refractivity contribution in [2.24, 2.45) is 10.5 Å². The van der Waals surface area contributed by atoms with Crippen LogP contribution in [0.5, 0.6) is 5.75 Å². The highest BCUT2D eigenvalue weighted by Gasteiger charge is 2.66. The molecule has 0 saturated carbocycles. The van der Waals surface area contributed by atoms with Crippen LogP contribution in [0.2, 0.25) is 0 Å². The third-order valence-corrected chi connectivity index (χ3v) is 4.59. The molecule has 0 aromatic heterocycles. The van der Waals surface area contributed by atoms with Crippen LogP contribution in [-0.2, 0) is 4.79 Å². The summed E-state index contributed by atoms with van der Waals surface area (Å²) in [4.78, 5) is 12.5. The zero-order valence-corrected chi connectivity index (χ0v) is 15.8. The average Bonchev–Trinajstić information content (AvgIpc) is 2.92. The maximum absolute atomic E-state index is 13.8. The molecule has 1 aliphatic heterocycles. The number of benzene rings is 1. The van der Waals surface area contributed by atoms with Gasteiger partial charge in [0, 0.05) is 11.8 Å². The zero-order chi connectivity index (χ0) is 21.5. The van der Waals surface area contributed by atoms with Gasteiger partial charge in [0.15, 0.2) is 12.3 Å². The van der Waals surface area contributed by atoms with Crippen molar-refractivity contribution in [2.75, 3.05) is 6.61 Å². The molecule has 0 radical (unpaired) electrons. The van der Waals surface area contributed by atoms with Crippen LogP contribution in [0.3, 0.4) is 0 Å². The van der Waals surface area contributed by atoms with E-state index in [2.05, 4.69) is 5.10 Å². The molecular weight excluding hydrogens is 387 g/mol. The minimum atomic E-state index is -5.90. The summed E-state index contributed by atoms with van der Waals surface area (Å²) in [5, 5.41) is 14.3. The molecule has 10 heteroatoms. The lowest BCUT2D eigenvalue weighted by Gasteiger charge is -2.41. The van der Waals surface area contributed by atoms with Crippen LogP contribution in [-0.4, -0.2) is 46.2 Å². The van der Waals surface area contributed by atoms with Gasteiger partial charge >= 0.3 is 12.1 Å². The number of hydrogen-bond donors (Lipinski definition) is 1. The number of ether oxygens (including phenoxy) is 1. The van der Waals surface area contributed by atoms with E-state index in [9.17, 15) is 31.9 Å². The number of hydrogen-bond acceptors (Lipinski definition) is 4. The number of amides is 1. The monoisotopic (exact) mass is 408 g/mol. The second-order valence-corrected chi connectivity index (χ2v) is 7.62. The molecule has 2 rings (SSSR count). The van der Waals surface area contributed by atoms with Crippen LogP contribution >= 0.6 is 0 Å². The molecule has 1 aromatic rings. The first kappa shape index (κ1) is 22.1. The third-order valence-electron chi connectivity index (χ3n) is 4.59. The summed E-state index contributed by atoms with van der Waals surface area (Å²) in [6.45, 7) is 5.22. The second kappa shape index (κ2) is 6.98. The van der Waals surface area contributed by atoms with Gasteiger partial charge in [0.25, 0.3) is 5.91 Å². The van der Waals surface area contributed by atoms with Gasteiger partial charge in [-0.3, -0.25) is 4.79 Å². The van der Waals surface area contributed by atoms with Gasteiger partial charge in [0.2, 0.25) is 0 Å². The fourth-order valence-electron chi connectivity index (χ4n) is 2.65. The molecule has 1 heterocycles. The number of carbonyl (C=O) groups is 1. The number of halogens is 5. The summed E-state index contributed by atoms with van der Waals surface area (Å²) in [5.41, 5.74) is -4.57. The predicted octanol–water partition coefficient (Wildman–Crippen LogP) is 3.89. The molecule has 1 aromatic carbocycles. The van der Waals surface area contributed by atoms with E-state index in [1.807, 2.05) is 0 Å². The number of aryl methyl sites for hydroxylation is 1. The maximum atomic E-state index is 13.8. The van der Waals surface area contributed by atoms with Crippen LogP contribution in [0.1, 0.15) is 32.8 Å². The predicted molar refractivity (Wildman–Crippen MR) is 91.0 cm³/mol. The Morgan fingerprint density at radius 3 is 2.29 bits per heavy atom. The van der Waals surface area contributed by atoms with Gasteiger partial charge in [-0.05, 0) is 18.6 Å². The topological polar surface area (TPSA) is 62.1 Å². The molecular formula is C18H21F5N2O3. The molecule has 0 spiro atoms. The quantitative estimate of drug-likeness (QED) is 0.769. The molecule has 28 heavy (non-hydrogen) atoms. The summed E-state index contributed by atoms with van der Waals surface area (Å²) < 4.78 is 71.1. The number of rotatable bonds is 4. The van der Waals surface area contributed by atoms with E-state index in [4.69, 9.17) is 4.74 Å². The van der Waals surface area contributed by atoms with Gasteiger partial charge in [-0.15, -0.1) is 0 Å². The molecule has 1 N–H and O–H groups in total. The summed E-state index contributed by atoms with van der Waals surface area (Å²) in [5.74, 6) is -5.99. The van der Waals surface area contributed by atoms with Crippen LogP contribution in [0.25, 0.3) is 0 Å². The fourth-order valence-corrected chi connectivity index (χ4v) is 2.65. The first-order valence-electron chi connectivity index (χ1n) is 8.37. The molecule has 0 saturated heterocycles. The fraction of sp³-hybridized carbons (Fsp3) is 0.556. The van der Waals surface area contributed by atoms with E-state index in [1.165, 1.54) is 20.8 Å².